The normalized spacial score (nSPS) is 35.7. The first kappa shape index (κ1) is 10.9. The maximum atomic E-state index is 11.2. The average Bonchev–Trinajstić information content (AvgIpc) is 2.29. The molecule has 3 unspecified atom stereocenters. The van der Waals surface area contributed by atoms with Gasteiger partial charge >= 0.3 is 5.97 Å². The third kappa shape index (κ3) is 2.51. The van der Waals surface area contributed by atoms with Crippen LogP contribution in [0, 0.1) is 11.8 Å². The van der Waals surface area contributed by atoms with E-state index in [1.54, 1.807) is 0 Å². The summed E-state index contributed by atoms with van der Waals surface area (Å²) in [6.07, 6.45) is 9.00. The van der Waals surface area contributed by atoms with Crippen molar-refractivity contribution in [3.63, 3.8) is 0 Å². The Morgan fingerprint density at radius 3 is 2.67 bits per heavy atom. The highest BCUT2D eigenvalue weighted by Gasteiger charge is 2.36. The lowest BCUT2D eigenvalue weighted by atomic mass is 9.69. The van der Waals surface area contributed by atoms with Crippen LogP contribution in [0.1, 0.15) is 44.9 Å². The number of hydrogen-bond donors (Lipinski definition) is 1. The summed E-state index contributed by atoms with van der Waals surface area (Å²) < 4.78 is 5.45. The molecule has 0 radical (unpaired) electrons. The van der Waals surface area contributed by atoms with E-state index in [0.29, 0.717) is 5.92 Å². The summed E-state index contributed by atoms with van der Waals surface area (Å²) in [5.41, 5.74) is 5.28. The molecule has 86 valence electrons. The van der Waals surface area contributed by atoms with Crippen LogP contribution in [0.5, 0.6) is 0 Å². The summed E-state index contributed by atoms with van der Waals surface area (Å²) in [6.45, 7) is 0.0217. The SMILES string of the molecule is NCC(=O)OC1CCCC2CCCCC21. The Morgan fingerprint density at radius 1 is 1.13 bits per heavy atom. The van der Waals surface area contributed by atoms with Gasteiger partial charge in [0.1, 0.15) is 6.10 Å². The minimum Gasteiger partial charge on any atom is -0.461 e. The number of nitrogens with two attached hydrogens (primary N) is 1. The van der Waals surface area contributed by atoms with E-state index in [1.165, 1.54) is 38.5 Å². The molecule has 0 aromatic rings. The monoisotopic (exact) mass is 211 g/mol. The molecule has 2 aliphatic carbocycles. The average molecular weight is 211 g/mol. The summed E-state index contributed by atoms with van der Waals surface area (Å²) in [7, 11) is 0. The first-order chi connectivity index (χ1) is 7.31. The van der Waals surface area contributed by atoms with Gasteiger partial charge in [0.25, 0.3) is 0 Å². The highest BCUT2D eigenvalue weighted by atomic mass is 16.5. The van der Waals surface area contributed by atoms with Crippen molar-refractivity contribution in [3.05, 3.63) is 0 Å². The van der Waals surface area contributed by atoms with E-state index in [2.05, 4.69) is 0 Å². The zero-order valence-electron chi connectivity index (χ0n) is 9.28. The zero-order chi connectivity index (χ0) is 10.7. The number of fused-ring (bicyclic) bond motifs is 1. The molecule has 3 heteroatoms. The molecule has 0 bridgehead atoms. The van der Waals surface area contributed by atoms with E-state index in [1.807, 2.05) is 0 Å². The molecule has 0 aromatic carbocycles. The Hall–Kier alpha value is -0.570. The lowest BCUT2D eigenvalue weighted by molar-refractivity contribution is -0.154. The Morgan fingerprint density at radius 2 is 1.87 bits per heavy atom. The van der Waals surface area contributed by atoms with Gasteiger partial charge in [-0.1, -0.05) is 19.3 Å². The van der Waals surface area contributed by atoms with Crippen LogP contribution in [0.25, 0.3) is 0 Å². The van der Waals surface area contributed by atoms with E-state index in [4.69, 9.17) is 10.5 Å². The van der Waals surface area contributed by atoms with Gasteiger partial charge < -0.3 is 10.5 Å². The van der Waals surface area contributed by atoms with E-state index < -0.39 is 0 Å². The maximum Gasteiger partial charge on any atom is 0.319 e. The first-order valence-corrected chi connectivity index (χ1v) is 6.21. The van der Waals surface area contributed by atoms with Crippen molar-refractivity contribution in [2.75, 3.05) is 6.54 Å². The molecule has 2 rings (SSSR count). The van der Waals surface area contributed by atoms with Gasteiger partial charge in [0, 0.05) is 0 Å². The lowest BCUT2D eigenvalue weighted by Gasteiger charge is -2.40. The minimum absolute atomic E-state index is 0.0217. The minimum atomic E-state index is -0.230. The number of ether oxygens (including phenoxy) is 1. The molecule has 2 fully saturated rings. The van der Waals surface area contributed by atoms with Crippen LogP contribution in [0.3, 0.4) is 0 Å². The fraction of sp³-hybridized carbons (Fsp3) is 0.917. The summed E-state index contributed by atoms with van der Waals surface area (Å²) >= 11 is 0. The second kappa shape index (κ2) is 4.97. The zero-order valence-corrected chi connectivity index (χ0v) is 9.28. The molecular formula is C12H21NO2. The maximum absolute atomic E-state index is 11.2. The summed E-state index contributed by atoms with van der Waals surface area (Å²) in [6, 6.07) is 0. The van der Waals surface area contributed by atoms with Gasteiger partial charge in [-0.15, -0.1) is 0 Å². The molecule has 0 amide bonds. The molecule has 15 heavy (non-hydrogen) atoms. The summed E-state index contributed by atoms with van der Waals surface area (Å²) in [5.74, 6) is 1.21. The molecule has 3 atom stereocenters. The van der Waals surface area contributed by atoms with E-state index in [9.17, 15) is 4.79 Å². The van der Waals surface area contributed by atoms with Gasteiger partial charge in [0.2, 0.25) is 0 Å². The van der Waals surface area contributed by atoms with Gasteiger partial charge in [-0.05, 0) is 37.5 Å². The topological polar surface area (TPSA) is 52.3 Å². The van der Waals surface area contributed by atoms with Gasteiger partial charge in [-0.25, -0.2) is 0 Å². The van der Waals surface area contributed by atoms with Crippen molar-refractivity contribution in [2.45, 2.75) is 51.0 Å². The van der Waals surface area contributed by atoms with E-state index >= 15 is 0 Å². The highest BCUT2D eigenvalue weighted by Crippen LogP contribution is 2.41. The number of rotatable bonds is 2. The van der Waals surface area contributed by atoms with Crippen LogP contribution in [0.15, 0.2) is 0 Å². The van der Waals surface area contributed by atoms with Crippen molar-refractivity contribution in [3.8, 4) is 0 Å². The molecule has 2 N–H and O–H groups in total. The summed E-state index contributed by atoms with van der Waals surface area (Å²) in [4.78, 5) is 11.2. The number of carbonyl (C=O) groups is 1. The lowest BCUT2D eigenvalue weighted by Crippen LogP contribution is -2.38. The van der Waals surface area contributed by atoms with Crippen molar-refractivity contribution in [1.29, 1.82) is 0 Å². The first-order valence-electron chi connectivity index (χ1n) is 6.21. The molecule has 2 saturated carbocycles. The number of carbonyl (C=O) groups excluding carboxylic acids is 1. The second-order valence-corrected chi connectivity index (χ2v) is 4.87. The van der Waals surface area contributed by atoms with Crippen molar-refractivity contribution in [1.82, 2.24) is 0 Å². The standard InChI is InChI=1S/C12H21NO2/c13-8-12(14)15-11-7-3-5-9-4-1-2-6-10(9)11/h9-11H,1-8,13H2. The molecule has 0 spiro atoms. The molecular weight excluding hydrogens is 190 g/mol. The molecule has 0 saturated heterocycles. The van der Waals surface area contributed by atoms with Gasteiger partial charge in [0.05, 0.1) is 6.54 Å². The molecule has 3 nitrogen and oxygen atoms in total. The highest BCUT2D eigenvalue weighted by molar-refractivity contribution is 5.71. The molecule has 2 aliphatic rings. The van der Waals surface area contributed by atoms with Crippen molar-refractivity contribution >= 4 is 5.97 Å². The van der Waals surface area contributed by atoms with Crippen LogP contribution in [-0.2, 0) is 9.53 Å². The van der Waals surface area contributed by atoms with Crippen LogP contribution in [0.2, 0.25) is 0 Å². The number of esters is 1. The fourth-order valence-electron chi connectivity index (χ4n) is 3.24. The largest absolute Gasteiger partial charge is 0.461 e. The predicted molar refractivity (Wildman–Crippen MR) is 58.2 cm³/mol. The Labute approximate surface area is 91.4 Å². The summed E-state index contributed by atoms with van der Waals surface area (Å²) in [5, 5.41) is 0. The third-order valence-corrected chi connectivity index (χ3v) is 3.96. The van der Waals surface area contributed by atoms with E-state index in [0.717, 1.165) is 12.3 Å². The van der Waals surface area contributed by atoms with Crippen molar-refractivity contribution in [2.24, 2.45) is 17.6 Å². The smallest absolute Gasteiger partial charge is 0.319 e. The Kier molecular flexibility index (Phi) is 3.62. The van der Waals surface area contributed by atoms with E-state index in [-0.39, 0.29) is 18.6 Å². The Bertz CT molecular complexity index is 228. The fourth-order valence-corrected chi connectivity index (χ4v) is 3.24. The quantitative estimate of drug-likeness (QED) is 0.709. The predicted octanol–water partition coefficient (Wildman–Crippen LogP) is 1.85. The second-order valence-electron chi connectivity index (χ2n) is 4.87. The van der Waals surface area contributed by atoms with Gasteiger partial charge in [-0.2, -0.15) is 0 Å². The van der Waals surface area contributed by atoms with Crippen LogP contribution < -0.4 is 5.73 Å². The molecule has 0 aliphatic heterocycles. The van der Waals surface area contributed by atoms with Crippen LogP contribution in [0.4, 0.5) is 0 Å². The number of hydrogen-bond acceptors (Lipinski definition) is 3. The van der Waals surface area contributed by atoms with Crippen LogP contribution >= 0.6 is 0 Å². The van der Waals surface area contributed by atoms with Crippen molar-refractivity contribution < 1.29 is 9.53 Å². The molecule has 0 heterocycles. The molecule has 0 aromatic heterocycles. The third-order valence-electron chi connectivity index (χ3n) is 3.96. The van der Waals surface area contributed by atoms with Gasteiger partial charge in [0.15, 0.2) is 0 Å². The Balaban J connectivity index is 1.94. The van der Waals surface area contributed by atoms with Crippen LogP contribution in [-0.4, -0.2) is 18.6 Å². The van der Waals surface area contributed by atoms with Gasteiger partial charge in [-0.3, -0.25) is 4.79 Å².